The van der Waals surface area contributed by atoms with Gasteiger partial charge in [0.05, 0.1) is 10.2 Å². The minimum Gasteiger partial charge on any atom is -0.390 e. The highest BCUT2D eigenvalue weighted by atomic mass is 16.8. The van der Waals surface area contributed by atoms with Crippen molar-refractivity contribution >= 4 is 23.3 Å². The van der Waals surface area contributed by atoms with Gasteiger partial charge < -0.3 is 39.9 Å². The summed E-state index contributed by atoms with van der Waals surface area (Å²) in [5.41, 5.74) is 0. The number of hydrogen-bond donors (Lipinski definition) is 0. The zero-order valence-corrected chi connectivity index (χ0v) is 8.84. The molecule has 0 saturated carbocycles. The lowest BCUT2D eigenvalue weighted by Crippen LogP contribution is -2.23. The molecule has 20 heavy (non-hydrogen) atoms. The summed E-state index contributed by atoms with van der Waals surface area (Å²) in [4.78, 5) is 17.7. The largest absolute Gasteiger partial charge is 0.432 e. The summed E-state index contributed by atoms with van der Waals surface area (Å²) in [7, 11) is 0. The maximum atomic E-state index is 11.0. The van der Waals surface area contributed by atoms with Crippen LogP contribution in [0.5, 0.6) is 0 Å². The van der Waals surface area contributed by atoms with Gasteiger partial charge in [0.1, 0.15) is 0 Å². The molecule has 0 aliphatic carbocycles. The van der Waals surface area contributed by atoms with E-state index in [9.17, 15) is 30.6 Å². The van der Waals surface area contributed by atoms with Crippen molar-refractivity contribution < 1.29 is 28.9 Å². The van der Waals surface area contributed by atoms with Gasteiger partial charge in [-0.3, -0.25) is 0 Å². The minimum absolute atomic E-state index is 0.476. The maximum absolute atomic E-state index is 11.0. The van der Waals surface area contributed by atoms with Crippen molar-refractivity contribution in [1.29, 1.82) is 0 Å². The summed E-state index contributed by atoms with van der Waals surface area (Å²) in [5, 5.41) is 54.4. The summed E-state index contributed by atoms with van der Waals surface area (Å²) in [6, 6.07) is 0. The average Bonchev–Trinajstić information content (AvgIpc) is 2.90. The molecule has 0 aliphatic rings. The van der Waals surface area contributed by atoms with Crippen molar-refractivity contribution in [2.24, 2.45) is 10.2 Å². The fraction of sp³-hybridized carbons (Fsp3) is 0. The van der Waals surface area contributed by atoms with Gasteiger partial charge in [-0.2, -0.15) is 0 Å². The molecule has 0 saturated heterocycles. The first kappa shape index (κ1) is 12.7. The first-order valence-corrected chi connectivity index (χ1v) is 4.31. The van der Waals surface area contributed by atoms with Crippen molar-refractivity contribution in [3.63, 3.8) is 0 Å². The Labute approximate surface area is 104 Å². The first-order chi connectivity index (χ1) is 9.41. The third-order valence-corrected chi connectivity index (χ3v) is 1.73. The van der Waals surface area contributed by atoms with Crippen molar-refractivity contribution in [2.75, 3.05) is 0 Å². The molecular formula is C4N8O8. The second-order valence-corrected chi connectivity index (χ2v) is 2.87. The SMILES string of the molecule is O=[N+]([O-])c1no[n+]([O-])c1N=Nc1c([N+](=O)[O-])no[n+]1[O-]. The molecule has 0 atom stereocenters. The summed E-state index contributed by atoms with van der Waals surface area (Å²) in [5.74, 6) is -4.24. The first-order valence-electron chi connectivity index (χ1n) is 4.31. The zero-order valence-electron chi connectivity index (χ0n) is 8.84. The molecule has 2 aromatic heterocycles. The van der Waals surface area contributed by atoms with Crippen LogP contribution >= 0.6 is 0 Å². The quantitative estimate of drug-likeness (QED) is 0.293. The minimum atomic E-state index is -1.11. The summed E-state index contributed by atoms with van der Waals surface area (Å²) in [6.45, 7) is 0. The molecule has 0 radical (unpaired) electrons. The molecule has 0 unspecified atom stereocenters. The van der Waals surface area contributed by atoms with Crippen molar-refractivity contribution in [1.82, 2.24) is 10.3 Å². The smallest absolute Gasteiger partial charge is 0.390 e. The Morgan fingerprint density at radius 2 is 1.25 bits per heavy atom. The van der Waals surface area contributed by atoms with E-state index < -0.39 is 42.9 Å². The molecule has 0 bridgehead atoms. The van der Waals surface area contributed by atoms with Crippen LogP contribution < -0.4 is 9.81 Å². The topological polar surface area (TPSA) is 217 Å². The van der Waals surface area contributed by atoms with Crippen LogP contribution in [-0.2, 0) is 0 Å². The summed E-state index contributed by atoms with van der Waals surface area (Å²) < 4.78 is 7.79. The molecule has 0 spiro atoms. The van der Waals surface area contributed by atoms with Gasteiger partial charge in [-0.1, -0.05) is 0 Å². The second-order valence-electron chi connectivity index (χ2n) is 2.87. The van der Waals surface area contributed by atoms with E-state index in [1.54, 1.807) is 0 Å². The Morgan fingerprint density at radius 3 is 1.55 bits per heavy atom. The van der Waals surface area contributed by atoms with Gasteiger partial charge in [-0.05, 0) is 19.7 Å². The predicted molar refractivity (Wildman–Crippen MR) is 48.4 cm³/mol. The van der Waals surface area contributed by atoms with E-state index in [0.717, 1.165) is 0 Å². The van der Waals surface area contributed by atoms with Crippen LogP contribution in [-0.4, -0.2) is 20.2 Å². The fourth-order valence-corrected chi connectivity index (χ4v) is 0.961. The van der Waals surface area contributed by atoms with Crippen LogP contribution in [0.2, 0.25) is 0 Å². The number of azo groups is 1. The Balaban J connectivity index is 2.45. The average molecular weight is 288 g/mol. The Hall–Kier alpha value is -3.72. The molecular weight excluding hydrogens is 288 g/mol. The molecule has 0 N–H and O–H groups in total. The predicted octanol–water partition coefficient (Wildman–Crippen LogP) is -0.839. The summed E-state index contributed by atoms with van der Waals surface area (Å²) in [6.07, 6.45) is 0. The van der Waals surface area contributed by atoms with Crippen LogP contribution in [0.25, 0.3) is 0 Å². The second kappa shape index (κ2) is 4.51. The standard InChI is InChI=1S/C4N8O8/c13-9(14)3-1(11(17)19-7-3)5-6-2-4(10(15)16)8-20-12(2)18. The molecule has 0 amide bonds. The van der Waals surface area contributed by atoms with E-state index >= 15 is 0 Å². The molecule has 2 heterocycles. The lowest BCUT2D eigenvalue weighted by atomic mass is 10.6. The maximum Gasteiger partial charge on any atom is 0.432 e. The van der Waals surface area contributed by atoms with Gasteiger partial charge >= 0.3 is 23.3 Å². The molecule has 2 aromatic rings. The molecule has 0 fully saturated rings. The van der Waals surface area contributed by atoms with E-state index in [4.69, 9.17) is 0 Å². The highest BCUT2D eigenvalue weighted by molar-refractivity contribution is 5.41. The van der Waals surface area contributed by atoms with E-state index in [1.165, 1.54) is 0 Å². The Bertz CT molecular complexity index is 654. The highest BCUT2D eigenvalue weighted by Crippen LogP contribution is 2.25. The Kier molecular flexibility index (Phi) is 2.87. The van der Waals surface area contributed by atoms with Crippen LogP contribution in [0.3, 0.4) is 0 Å². The monoisotopic (exact) mass is 288 g/mol. The van der Waals surface area contributed by atoms with E-state index in [-0.39, 0.29) is 0 Å². The molecule has 0 aliphatic heterocycles. The fourth-order valence-electron chi connectivity index (χ4n) is 0.961. The van der Waals surface area contributed by atoms with E-state index in [1.807, 2.05) is 0 Å². The summed E-state index contributed by atoms with van der Waals surface area (Å²) >= 11 is 0. The van der Waals surface area contributed by atoms with Gasteiger partial charge in [-0.25, -0.2) is 0 Å². The molecule has 0 aromatic carbocycles. The van der Waals surface area contributed by atoms with E-state index in [0.29, 0.717) is 0 Å². The van der Waals surface area contributed by atoms with Crippen LogP contribution in [0.1, 0.15) is 0 Å². The highest BCUT2D eigenvalue weighted by Gasteiger charge is 2.30. The third-order valence-electron chi connectivity index (χ3n) is 1.73. The van der Waals surface area contributed by atoms with Crippen molar-refractivity contribution in [3.8, 4) is 0 Å². The van der Waals surface area contributed by atoms with Gasteiger partial charge in [0.15, 0.2) is 0 Å². The number of hydrogen-bond acceptors (Lipinski definition) is 12. The zero-order chi connectivity index (χ0) is 14.9. The number of rotatable bonds is 4. The molecule has 16 nitrogen and oxygen atoms in total. The Morgan fingerprint density at radius 1 is 0.900 bits per heavy atom. The normalized spacial score (nSPS) is 11.0. The lowest BCUT2D eigenvalue weighted by molar-refractivity contribution is -0.793. The van der Waals surface area contributed by atoms with Gasteiger partial charge in [0.2, 0.25) is 0 Å². The van der Waals surface area contributed by atoms with Crippen molar-refractivity contribution in [3.05, 3.63) is 30.6 Å². The molecule has 2 rings (SSSR count). The lowest BCUT2D eigenvalue weighted by Gasteiger charge is -1.87. The number of nitro groups is 2. The van der Waals surface area contributed by atoms with Crippen LogP contribution in [0.15, 0.2) is 19.5 Å². The van der Waals surface area contributed by atoms with Crippen LogP contribution in [0, 0.1) is 30.6 Å². The number of nitrogens with zero attached hydrogens (tertiary/aromatic N) is 8. The van der Waals surface area contributed by atoms with Gasteiger partial charge in [0.25, 0.3) is 0 Å². The number of aromatic nitrogens is 4. The van der Waals surface area contributed by atoms with E-state index in [2.05, 4.69) is 29.8 Å². The molecule has 16 heteroatoms. The van der Waals surface area contributed by atoms with Gasteiger partial charge in [0, 0.05) is 10.3 Å². The third kappa shape index (κ3) is 2.02. The van der Waals surface area contributed by atoms with Crippen molar-refractivity contribution in [2.45, 2.75) is 0 Å². The molecule has 104 valence electrons. The van der Waals surface area contributed by atoms with Crippen LogP contribution in [0.4, 0.5) is 23.3 Å². The van der Waals surface area contributed by atoms with Gasteiger partial charge in [-0.15, -0.1) is 0 Å².